The Bertz CT molecular complexity index is 767. The minimum absolute atomic E-state index is 0.0408. The molecule has 2 aliphatic heterocycles. The van der Waals surface area contributed by atoms with Crippen molar-refractivity contribution in [3.05, 3.63) is 23.8 Å². The maximum Gasteiger partial charge on any atom is 0.217 e. The summed E-state index contributed by atoms with van der Waals surface area (Å²) < 4.78 is 11.5. The second kappa shape index (κ2) is 12.0. The van der Waals surface area contributed by atoms with Crippen molar-refractivity contribution in [3.8, 4) is 11.5 Å². The monoisotopic (exact) mass is 462 g/mol. The van der Waals surface area contributed by atoms with E-state index in [4.69, 9.17) is 9.47 Å². The number of nitrogens with zero attached hydrogens (tertiary/aromatic N) is 3. The average molecular weight is 463 g/mol. The quantitative estimate of drug-likeness (QED) is 0.483. The van der Waals surface area contributed by atoms with Gasteiger partial charge in [0.1, 0.15) is 0 Å². The summed E-state index contributed by atoms with van der Waals surface area (Å²) in [6, 6.07) is 6.40. The number of carbonyl (C=O) groups is 1. The summed E-state index contributed by atoms with van der Waals surface area (Å²) in [5.41, 5.74) is 0.480. The van der Waals surface area contributed by atoms with Gasteiger partial charge in [-0.2, -0.15) is 0 Å². The van der Waals surface area contributed by atoms with Crippen molar-refractivity contribution in [2.75, 3.05) is 67.1 Å². The Kier molecular flexibility index (Phi) is 9.37. The molecule has 2 aliphatic rings. The van der Waals surface area contributed by atoms with Gasteiger partial charge in [0.05, 0.1) is 19.3 Å². The molecule has 2 heterocycles. The third-order valence-corrected chi connectivity index (χ3v) is 6.57. The van der Waals surface area contributed by atoms with Crippen molar-refractivity contribution >= 4 is 5.91 Å². The lowest BCUT2D eigenvalue weighted by molar-refractivity contribution is -0.120. The van der Waals surface area contributed by atoms with Crippen LogP contribution in [-0.2, 0) is 11.3 Å². The molecule has 2 N–H and O–H groups in total. The third-order valence-electron chi connectivity index (χ3n) is 6.57. The van der Waals surface area contributed by atoms with E-state index < -0.39 is 5.60 Å². The van der Waals surface area contributed by atoms with Crippen molar-refractivity contribution < 1.29 is 19.4 Å². The summed E-state index contributed by atoms with van der Waals surface area (Å²) in [6.45, 7) is 8.09. The number of nitrogens with one attached hydrogen (secondary N) is 1. The highest BCUT2D eigenvalue weighted by Gasteiger charge is 2.38. The number of hydrogen-bond donors (Lipinski definition) is 2. The van der Waals surface area contributed by atoms with Crippen molar-refractivity contribution in [2.24, 2.45) is 0 Å². The molecule has 8 nitrogen and oxygen atoms in total. The fourth-order valence-corrected chi connectivity index (χ4v) is 4.89. The van der Waals surface area contributed by atoms with Crippen LogP contribution in [0.3, 0.4) is 0 Å². The van der Waals surface area contributed by atoms with E-state index in [1.807, 2.05) is 12.1 Å². The summed E-state index contributed by atoms with van der Waals surface area (Å²) in [6.07, 6.45) is 3.64. The number of carbonyl (C=O) groups excluding carboxylic acids is 1. The molecule has 1 amide bonds. The number of methoxy groups -OCH3 is 1. The first-order valence-corrected chi connectivity index (χ1v) is 12.1. The SMILES string of the molecule is COc1cc(CN2CC[C@@](O)(CN3CCC(NC(C)=O)CC3)C2)ccc1OCCCN(C)C. The first-order chi connectivity index (χ1) is 15.8. The zero-order valence-corrected chi connectivity index (χ0v) is 20.8. The summed E-state index contributed by atoms with van der Waals surface area (Å²) in [4.78, 5) is 18.1. The Hall–Kier alpha value is -1.87. The molecule has 0 unspecified atom stereocenters. The predicted octanol–water partition coefficient (Wildman–Crippen LogP) is 1.56. The molecule has 3 rings (SSSR count). The van der Waals surface area contributed by atoms with Gasteiger partial charge in [-0.15, -0.1) is 0 Å². The molecule has 0 saturated carbocycles. The number of piperidine rings is 1. The highest BCUT2D eigenvalue weighted by Crippen LogP contribution is 2.30. The topological polar surface area (TPSA) is 77.5 Å². The molecule has 0 aromatic heterocycles. The lowest BCUT2D eigenvalue weighted by Gasteiger charge is -2.36. The average Bonchev–Trinajstić information content (AvgIpc) is 3.12. The third kappa shape index (κ3) is 8.14. The fraction of sp³-hybridized carbons (Fsp3) is 0.720. The predicted molar refractivity (Wildman–Crippen MR) is 130 cm³/mol. The molecule has 8 heteroatoms. The van der Waals surface area contributed by atoms with Gasteiger partial charge < -0.3 is 29.7 Å². The first-order valence-electron chi connectivity index (χ1n) is 12.1. The van der Waals surface area contributed by atoms with Crippen LogP contribution < -0.4 is 14.8 Å². The summed E-state index contributed by atoms with van der Waals surface area (Å²) in [7, 11) is 5.80. The minimum Gasteiger partial charge on any atom is -0.493 e. The Labute approximate surface area is 198 Å². The summed E-state index contributed by atoms with van der Waals surface area (Å²) in [5, 5.41) is 14.2. The van der Waals surface area contributed by atoms with Gasteiger partial charge in [-0.25, -0.2) is 0 Å². The lowest BCUT2D eigenvalue weighted by atomic mass is 9.99. The normalized spacial score (nSPS) is 22.6. The zero-order chi connectivity index (χ0) is 23.8. The Morgan fingerprint density at radius 3 is 2.64 bits per heavy atom. The van der Waals surface area contributed by atoms with Crippen LogP contribution in [0.25, 0.3) is 0 Å². The molecule has 0 radical (unpaired) electrons. The molecule has 0 aliphatic carbocycles. The maximum absolute atomic E-state index is 11.3. The molecule has 2 saturated heterocycles. The van der Waals surface area contributed by atoms with E-state index in [1.165, 1.54) is 0 Å². The van der Waals surface area contributed by atoms with Crippen molar-refractivity contribution in [3.63, 3.8) is 0 Å². The van der Waals surface area contributed by atoms with E-state index in [9.17, 15) is 9.90 Å². The van der Waals surface area contributed by atoms with Crippen molar-refractivity contribution in [2.45, 2.75) is 50.8 Å². The minimum atomic E-state index is -0.680. The van der Waals surface area contributed by atoms with Crippen LogP contribution in [0.15, 0.2) is 18.2 Å². The van der Waals surface area contributed by atoms with Gasteiger partial charge in [0, 0.05) is 58.8 Å². The number of hydrogen-bond acceptors (Lipinski definition) is 7. The Morgan fingerprint density at radius 2 is 1.97 bits per heavy atom. The molecule has 33 heavy (non-hydrogen) atoms. The van der Waals surface area contributed by atoms with E-state index in [0.29, 0.717) is 19.7 Å². The van der Waals surface area contributed by atoms with E-state index in [0.717, 1.165) is 75.5 Å². The van der Waals surface area contributed by atoms with Gasteiger partial charge in [-0.1, -0.05) is 6.07 Å². The van der Waals surface area contributed by atoms with E-state index >= 15 is 0 Å². The van der Waals surface area contributed by atoms with Gasteiger partial charge >= 0.3 is 0 Å². The number of ether oxygens (including phenoxy) is 2. The molecule has 186 valence electrons. The van der Waals surface area contributed by atoms with Crippen LogP contribution in [0.4, 0.5) is 0 Å². The van der Waals surface area contributed by atoms with Gasteiger partial charge in [-0.05, 0) is 57.5 Å². The van der Waals surface area contributed by atoms with Crippen molar-refractivity contribution in [1.82, 2.24) is 20.0 Å². The van der Waals surface area contributed by atoms with E-state index in [-0.39, 0.29) is 11.9 Å². The molecule has 1 atom stereocenters. The maximum atomic E-state index is 11.3. The molecule has 2 fully saturated rings. The van der Waals surface area contributed by atoms with Crippen LogP contribution in [0.5, 0.6) is 11.5 Å². The number of β-amino-alcohol motifs (C(OH)–C–C–N with tert-alkyl or cyclic N) is 1. The zero-order valence-electron chi connectivity index (χ0n) is 20.8. The highest BCUT2D eigenvalue weighted by molar-refractivity contribution is 5.73. The second-order valence-corrected chi connectivity index (χ2v) is 9.93. The fourth-order valence-electron chi connectivity index (χ4n) is 4.89. The second-order valence-electron chi connectivity index (χ2n) is 9.93. The van der Waals surface area contributed by atoms with Gasteiger partial charge in [-0.3, -0.25) is 9.69 Å². The number of likely N-dealkylation sites (tertiary alicyclic amines) is 2. The van der Waals surface area contributed by atoms with Crippen LogP contribution >= 0.6 is 0 Å². The van der Waals surface area contributed by atoms with Crippen LogP contribution in [0.1, 0.15) is 38.2 Å². The number of amides is 1. The van der Waals surface area contributed by atoms with Crippen LogP contribution in [0.2, 0.25) is 0 Å². The Morgan fingerprint density at radius 1 is 1.21 bits per heavy atom. The largest absolute Gasteiger partial charge is 0.493 e. The molecule has 1 aromatic carbocycles. The molecular formula is C25H42N4O4. The molecule has 0 bridgehead atoms. The van der Waals surface area contributed by atoms with Crippen LogP contribution in [0, 0.1) is 0 Å². The highest BCUT2D eigenvalue weighted by atomic mass is 16.5. The standard InChI is InChI=1S/C25H42N4O4/c1-20(30)26-22-8-12-28(13-9-22)18-25(31)10-14-29(19-25)17-21-6-7-23(24(16-21)32-4)33-15-5-11-27(2)3/h6-7,16,22,31H,5,8-15,17-19H2,1-4H3,(H,26,30)/t25-/m1/s1. The first kappa shape index (κ1) is 25.7. The van der Waals surface area contributed by atoms with E-state index in [1.54, 1.807) is 14.0 Å². The van der Waals surface area contributed by atoms with Gasteiger partial charge in [0.25, 0.3) is 0 Å². The number of rotatable bonds is 11. The van der Waals surface area contributed by atoms with E-state index in [2.05, 4.69) is 40.2 Å². The molecular weight excluding hydrogens is 420 g/mol. The number of aliphatic hydroxyl groups is 1. The van der Waals surface area contributed by atoms with Crippen molar-refractivity contribution in [1.29, 1.82) is 0 Å². The van der Waals surface area contributed by atoms with Gasteiger partial charge in [0.15, 0.2) is 11.5 Å². The molecule has 0 spiro atoms. The summed E-state index contributed by atoms with van der Waals surface area (Å²) >= 11 is 0. The van der Waals surface area contributed by atoms with Crippen LogP contribution in [-0.4, -0.2) is 104 Å². The summed E-state index contributed by atoms with van der Waals surface area (Å²) in [5.74, 6) is 1.58. The lowest BCUT2D eigenvalue weighted by Crippen LogP contribution is -2.50. The number of benzene rings is 1. The Balaban J connectivity index is 1.46. The molecule has 1 aromatic rings. The smallest absolute Gasteiger partial charge is 0.217 e. The van der Waals surface area contributed by atoms with Gasteiger partial charge in [0.2, 0.25) is 5.91 Å².